The molecule has 0 bridgehead atoms. The number of rotatable bonds is 4. The van der Waals surface area contributed by atoms with Crippen LogP contribution in [0.4, 0.5) is 0 Å². The zero-order valence-corrected chi connectivity index (χ0v) is 13.0. The molecule has 0 unspecified atom stereocenters. The molecule has 0 atom stereocenters. The van der Waals surface area contributed by atoms with Gasteiger partial charge in [-0.1, -0.05) is 18.2 Å². The highest BCUT2D eigenvalue weighted by molar-refractivity contribution is 14.1. The van der Waals surface area contributed by atoms with Crippen LogP contribution in [0.5, 0.6) is 5.75 Å². The van der Waals surface area contributed by atoms with E-state index >= 15 is 0 Å². The van der Waals surface area contributed by atoms with E-state index in [2.05, 4.69) is 33.1 Å². The van der Waals surface area contributed by atoms with Crippen LogP contribution in [0.2, 0.25) is 0 Å². The Morgan fingerprint density at radius 1 is 1.20 bits per heavy atom. The maximum atomic E-state index is 11.9. The first kappa shape index (κ1) is 14.5. The SMILES string of the molecule is COc1ccc(C(=O)NN=Cc2ccccc2I)cc1. The molecule has 0 spiro atoms. The van der Waals surface area contributed by atoms with Crippen molar-refractivity contribution in [3.05, 3.63) is 63.2 Å². The Labute approximate surface area is 131 Å². The number of halogens is 1. The second-order valence-electron chi connectivity index (χ2n) is 3.95. The fraction of sp³-hybridized carbons (Fsp3) is 0.0667. The van der Waals surface area contributed by atoms with Gasteiger partial charge in [0.2, 0.25) is 0 Å². The van der Waals surface area contributed by atoms with E-state index in [1.54, 1.807) is 37.6 Å². The first-order valence-electron chi connectivity index (χ1n) is 5.92. The van der Waals surface area contributed by atoms with Crippen LogP contribution in [-0.2, 0) is 0 Å². The van der Waals surface area contributed by atoms with Crippen molar-refractivity contribution >= 4 is 34.7 Å². The van der Waals surface area contributed by atoms with Crippen molar-refractivity contribution in [2.24, 2.45) is 5.10 Å². The molecule has 2 rings (SSSR count). The van der Waals surface area contributed by atoms with Gasteiger partial charge in [0.1, 0.15) is 5.75 Å². The summed E-state index contributed by atoms with van der Waals surface area (Å²) in [6, 6.07) is 14.6. The Morgan fingerprint density at radius 2 is 1.90 bits per heavy atom. The minimum atomic E-state index is -0.255. The summed E-state index contributed by atoms with van der Waals surface area (Å²) in [4.78, 5) is 11.9. The summed E-state index contributed by atoms with van der Waals surface area (Å²) >= 11 is 2.22. The molecule has 0 fully saturated rings. The lowest BCUT2D eigenvalue weighted by Gasteiger charge is -2.02. The predicted molar refractivity (Wildman–Crippen MR) is 87.2 cm³/mol. The third-order valence-corrected chi connectivity index (χ3v) is 3.61. The molecule has 1 N–H and O–H groups in total. The third-order valence-electron chi connectivity index (χ3n) is 2.63. The highest BCUT2D eigenvalue weighted by atomic mass is 127. The summed E-state index contributed by atoms with van der Waals surface area (Å²) in [5, 5.41) is 3.96. The van der Waals surface area contributed by atoms with E-state index in [-0.39, 0.29) is 5.91 Å². The Kier molecular flexibility index (Phi) is 5.11. The lowest BCUT2D eigenvalue weighted by atomic mass is 10.2. The summed E-state index contributed by atoms with van der Waals surface area (Å²) in [6.07, 6.45) is 1.63. The van der Waals surface area contributed by atoms with E-state index in [9.17, 15) is 4.79 Å². The Morgan fingerprint density at radius 3 is 2.55 bits per heavy atom. The average molecular weight is 380 g/mol. The van der Waals surface area contributed by atoms with Crippen molar-refractivity contribution in [1.82, 2.24) is 5.43 Å². The van der Waals surface area contributed by atoms with Crippen LogP contribution in [0, 0.1) is 3.57 Å². The standard InChI is InChI=1S/C15H13IN2O2/c1-20-13-8-6-11(7-9-13)15(19)18-17-10-12-4-2-3-5-14(12)16/h2-10H,1H3,(H,18,19). The third kappa shape index (κ3) is 3.80. The number of ether oxygens (including phenoxy) is 1. The first-order valence-corrected chi connectivity index (χ1v) is 7.00. The first-order chi connectivity index (χ1) is 9.70. The van der Waals surface area contributed by atoms with Gasteiger partial charge >= 0.3 is 0 Å². The molecule has 0 saturated heterocycles. The topological polar surface area (TPSA) is 50.7 Å². The van der Waals surface area contributed by atoms with E-state index in [0.717, 1.165) is 9.13 Å². The van der Waals surface area contributed by atoms with Crippen LogP contribution in [0.3, 0.4) is 0 Å². The number of hydrogen-bond acceptors (Lipinski definition) is 3. The lowest BCUT2D eigenvalue weighted by molar-refractivity contribution is 0.0955. The highest BCUT2D eigenvalue weighted by Crippen LogP contribution is 2.11. The number of benzene rings is 2. The van der Waals surface area contributed by atoms with Gasteiger partial charge in [-0.15, -0.1) is 0 Å². The van der Waals surface area contributed by atoms with Gasteiger partial charge in [0, 0.05) is 14.7 Å². The fourth-order valence-corrected chi connectivity index (χ4v) is 2.07. The van der Waals surface area contributed by atoms with Crippen molar-refractivity contribution < 1.29 is 9.53 Å². The number of hydrazone groups is 1. The summed E-state index contributed by atoms with van der Waals surface area (Å²) in [6.45, 7) is 0. The Hall–Kier alpha value is -1.89. The molecule has 0 aliphatic rings. The molecular weight excluding hydrogens is 367 g/mol. The Balaban J connectivity index is 1.99. The molecule has 2 aromatic rings. The predicted octanol–water partition coefficient (Wildman–Crippen LogP) is 3.06. The van der Waals surface area contributed by atoms with Crippen LogP contribution in [0.25, 0.3) is 0 Å². The maximum absolute atomic E-state index is 11.9. The largest absolute Gasteiger partial charge is 0.497 e. The zero-order chi connectivity index (χ0) is 14.4. The van der Waals surface area contributed by atoms with Crippen LogP contribution in [0.1, 0.15) is 15.9 Å². The molecular formula is C15H13IN2O2. The van der Waals surface area contributed by atoms with Gasteiger partial charge in [-0.3, -0.25) is 4.79 Å². The molecule has 5 heteroatoms. The number of amides is 1. The zero-order valence-electron chi connectivity index (χ0n) is 10.8. The van der Waals surface area contributed by atoms with Crippen molar-refractivity contribution in [2.75, 3.05) is 7.11 Å². The molecule has 20 heavy (non-hydrogen) atoms. The van der Waals surface area contributed by atoms with Crippen molar-refractivity contribution in [3.63, 3.8) is 0 Å². The van der Waals surface area contributed by atoms with Gasteiger partial charge < -0.3 is 4.74 Å². The fourth-order valence-electron chi connectivity index (χ4n) is 1.55. The van der Waals surface area contributed by atoms with Crippen molar-refractivity contribution in [3.8, 4) is 5.75 Å². The molecule has 0 heterocycles. The van der Waals surface area contributed by atoms with Gasteiger partial charge in [-0.05, 0) is 52.9 Å². The number of methoxy groups -OCH3 is 1. The average Bonchev–Trinajstić information content (AvgIpc) is 2.49. The number of nitrogens with one attached hydrogen (secondary N) is 1. The second-order valence-corrected chi connectivity index (χ2v) is 5.11. The number of nitrogens with zero attached hydrogens (tertiary/aromatic N) is 1. The lowest BCUT2D eigenvalue weighted by Crippen LogP contribution is -2.17. The minimum Gasteiger partial charge on any atom is -0.497 e. The van der Waals surface area contributed by atoms with Gasteiger partial charge in [0.05, 0.1) is 13.3 Å². The summed E-state index contributed by atoms with van der Waals surface area (Å²) in [5.74, 6) is 0.457. The van der Waals surface area contributed by atoms with Crippen LogP contribution in [0.15, 0.2) is 53.6 Å². The van der Waals surface area contributed by atoms with Gasteiger partial charge in [0.25, 0.3) is 5.91 Å². The van der Waals surface area contributed by atoms with Crippen LogP contribution in [-0.4, -0.2) is 19.2 Å². The molecule has 2 aromatic carbocycles. The molecule has 0 aliphatic heterocycles. The van der Waals surface area contributed by atoms with E-state index < -0.39 is 0 Å². The molecule has 4 nitrogen and oxygen atoms in total. The number of carbonyl (C=O) groups excluding carboxylic acids is 1. The summed E-state index contributed by atoms with van der Waals surface area (Å²) < 4.78 is 6.12. The molecule has 0 aromatic heterocycles. The molecule has 102 valence electrons. The normalized spacial score (nSPS) is 10.5. The van der Waals surface area contributed by atoms with Crippen LogP contribution < -0.4 is 10.2 Å². The van der Waals surface area contributed by atoms with Crippen molar-refractivity contribution in [2.45, 2.75) is 0 Å². The van der Waals surface area contributed by atoms with E-state index in [1.165, 1.54) is 0 Å². The summed E-state index contributed by atoms with van der Waals surface area (Å²) in [5.41, 5.74) is 3.99. The second kappa shape index (κ2) is 7.04. The number of carbonyl (C=O) groups is 1. The van der Waals surface area contributed by atoms with E-state index in [1.807, 2.05) is 24.3 Å². The van der Waals surface area contributed by atoms with Crippen molar-refractivity contribution in [1.29, 1.82) is 0 Å². The van der Waals surface area contributed by atoms with Gasteiger partial charge in [-0.2, -0.15) is 5.10 Å². The molecule has 1 amide bonds. The quantitative estimate of drug-likeness (QED) is 0.504. The van der Waals surface area contributed by atoms with Crippen LogP contribution >= 0.6 is 22.6 Å². The van der Waals surface area contributed by atoms with E-state index in [0.29, 0.717) is 11.3 Å². The number of hydrogen-bond donors (Lipinski definition) is 1. The smallest absolute Gasteiger partial charge is 0.271 e. The Bertz CT molecular complexity index is 624. The highest BCUT2D eigenvalue weighted by Gasteiger charge is 2.03. The summed E-state index contributed by atoms with van der Waals surface area (Å²) in [7, 11) is 1.58. The monoisotopic (exact) mass is 380 g/mol. The van der Waals surface area contributed by atoms with Gasteiger partial charge in [0.15, 0.2) is 0 Å². The molecule has 0 aliphatic carbocycles. The molecule has 0 saturated carbocycles. The molecule has 0 radical (unpaired) electrons. The van der Waals surface area contributed by atoms with Gasteiger partial charge in [-0.25, -0.2) is 5.43 Å². The minimum absolute atomic E-state index is 0.255. The maximum Gasteiger partial charge on any atom is 0.271 e. The van der Waals surface area contributed by atoms with E-state index in [4.69, 9.17) is 4.74 Å².